The van der Waals surface area contributed by atoms with Crippen molar-refractivity contribution in [3.63, 3.8) is 0 Å². The highest BCUT2D eigenvalue weighted by atomic mass is 19.1. The molecule has 0 saturated heterocycles. The van der Waals surface area contributed by atoms with Crippen molar-refractivity contribution in [1.82, 2.24) is 4.90 Å². The average molecular weight is 318 g/mol. The van der Waals surface area contributed by atoms with Crippen LogP contribution in [-0.2, 0) is 9.59 Å². The fourth-order valence-corrected chi connectivity index (χ4v) is 3.06. The summed E-state index contributed by atoms with van der Waals surface area (Å²) in [5.41, 5.74) is 5.12. The Bertz CT molecular complexity index is 703. The molecule has 23 heavy (non-hydrogen) atoms. The topological polar surface area (TPSA) is 97.5 Å². The lowest BCUT2D eigenvalue weighted by molar-refractivity contribution is -0.125. The lowest BCUT2D eigenvalue weighted by Gasteiger charge is -2.26. The number of Topliss-reactive ketones (excluding diaryl/α,β-unsaturated/α-hetero) is 2. The molecule has 1 aromatic carbocycles. The predicted molar refractivity (Wildman–Crippen MR) is 78.2 cm³/mol. The van der Waals surface area contributed by atoms with Crippen LogP contribution in [-0.4, -0.2) is 34.3 Å². The van der Waals surface area contributed by atoms with E-state index in [0.717, 1.165) is 17.0 Å². The molecule has 1 unspecified atom stereocenters. The zero-order chi connectivity index (χ0) is 16.7. The predicted octanol–water partition coefficient (Wildman–Crippen LogP) is 1.47. The van der Waals surface area contributed by atoms with Crippen LogP contribution in [0, 0.1) is 5.82 Å². The standard InChI is InChI=1S/C16H15FN2O4/c17-11-6-9-10(7-12(11)18)16(23)19(15(9)22)13-5-4-8(20)2-1-3-14(13)21/h6-7,13H,1-5,18H2. The second kappa shape index (κ2) is 5.57. The summed E-state index contributed by atoms with van der Waals surface area (Å²) in [5.74, 6) is -2.40. The lowest BCUT2D eigenvalue weighted by Crippen LogP contribution is -2.45. The summed E-state index contributed by atoms with van der Waals surface area (Å²) in [6.45, 7) is 0. The number of rotatable bonds is 1. The maximum Gasteiger partial charge on any atom is 0.262 e. The maximum absolute atomic E-state index is 13.6. The number of amides is 2. The van der Waals surface area contributed by atoms with Gasteiger partial charge in [0.2, 0.25) is 0 Å². The van der Waals surface area contributed by atoms with E-state index in [9.17, 15) is 23.6 Å². The Morgan fingerprint density at radius 3 is 2.35 bits per heavy atom. The third kappa shape index (κ3) is 2.52. The van der Waals surface area contributed by atoms with E-state index in [0.29, 0.717) is 12.8 Å². The van der Waals surface area contributed by atoms with Gasteiger partial charge in [-0.1, -0.05) is 0 Å². The first-order chi connectivity index (χ1) is 10.9. The number of nitrogen functional groups attached to an aromatic ring is 1. The summed E-state index contributed by atoms with van der Waals surface area (Å²) in [4.78, 5) is 49.7. The number of ketones is 2. The number of benzene rings is 1. The highest BCUT2D eigenvalue weighted by molar-refractivity contribution is 6.23. The fraction of sp³-hybridized carbons (Fsp3) is 0.375. The van der Waals surface area contributed by atoms with E-state index in [1.807, 2.05) is 0 Å². The molecule has 120 valence electrons. The molecule has 1 aliphatic carbocycles. The number of nitrogens with zero attached hydrogens (tertiary/aromatic N) is 1. The molecule has 1 aliphatic heterocycles. The number of nitrogens with two attached hydrogens (primary N) is 1. The van der Waals surface area contributed by atoms with Crippen LogP contribution in [0.3, 0.4) is 0 Å². The number of fused-ring (bicyclic) bond motifs is 1. The van der Waals surface area contributed by atoms with Gasteiger partial charge in [-0.3, -0.25) is 24.1 Å². The summed E-state index contributed by atoms with van der Waals surface area (Å²) in [5, 5.41) is 0. The zero-order valence-corrected chi connectivity index (χ0v) is 12.3. The summed E-state index contributed by atoms with van der Waals surface area (Å²) in [7, 11) is 0. The molecule has 1 fully saturated rings. The molecule has 0 aromatic heterocycles. The summed E-state index contributed by atoms with van der Waals surface area (Å²) in [6.07, 6.45) is 1.14. The number of carbonyl (C=O) groups is 4. The van der Waals surface area contributed by atoms with Crippen LogP contribution in [0.5, 0.6) is 0 Å². The van der Waals surface area contributed by atoms with Crippen molar-refractivity contribution in [3.05, 3.63) is 29.1 Å². The molecule has 7 heteroatoms. The Kier molecular flexibility index (Phi) is 3.71. The molecule has 1 aromatic rings. The van der Waals surface area contributed by atoms with Crippen molar-refractivity contribution < 1.29 is 23.6 Å². The highest BCUT2D eigenvalue weighted by Gasteiger charge is 2.43. The summed E-state index contributed by atoms with van der Waals surface area (Å²) >= 11 is 0. The Morgan fingerprint density at radius 2 is 1.65 bits per heavy atom. The van der Waals surface area contributed by atoms with Gasteiger partial charge in [0.05, 0.1) is 22.9 Å². The minimum Gasteiger partial charge on any atom is -0.396 e. The van der Waals surface area contributed by atoms with E-state index < -0.39 is 23.7 Å². The molecule has 1 saturated carbocycles. The van der Waals surface area contributed by atoms with Gasteiger partial charge in [0, 0.05) is 19.3 Å². The van der Waals surface area contributed by atoms with Crippen molar-refractivity contribution in [3.8, 4) is 0 Å². The quantitative estimate of drug-likeness (QED) is 0.624. The number of hydrogen-bond donors (Lipinski definition) is 1. The van der Waals surface area contributed by atoms with Crippen LogP contribution in [0.2, 0.25) is 0 Å². The molecule has 1 atom stereocenters. The molecule has 0 radical (unpaired) electrons. The number of imide groups is 1. The van der Waals surface area contributed by atoms with Gasteiger partial charge in [-0.2, -0.15) is 0 Å². The molecule has 6 nitrogen and oxygen atoms in total. The van der Waals surface area contributed by atoms with Crippen LogP contribution in [0.15, 0.2) is 12.1 Å². The first kappa shape index (κ1) is 15.3. The second-order valence-corrected chi connectivity index (χ2v) is 5.81. The third-order valence-corrected chi connectivity index (χ3v) is 4.29. The molecule has 1 heterocycles. The Morgan fingerprint density at radius 1 is 1.00 bits per heavy atom. The largest absolute Gasteiger partial charge is 0.396 e. The SMILES string of the molecule is Nc1cc2c(cc1F)C(=O)N(C1CCC(=O)CCCC1=O)C2=O. The van der Waals surface area contributed by atoms with Gasteiger partial charge < -0.3 is 5.73 Å². The van der Waals surface area contributed by atoms with Gasteiger partial charge >= 0.3 is 0 Å². The molecular weight excluding hydrogens is 303 g/mol. The number of hydrogen-bond acceptors (Lipinski definition) is 5. The van der Waals surface area contributed by atoms with E-state index >= 15 is 0 Å². The van der Waals surface area contributed by atoms with Gasteiger partial charge in [0.15, 0.2) is 5.78 Å². The third-order valence-electron chi connectivity index (χ3n) is 4.29. The number of anilines is 1. The van der Waals surface area contributed by atoms with E-state index in [1.165, 1.54) is 0 Å². The van der Waals surface area contributed by atoms with Crippen LogP contribution in [0.4, 0.5) is 10.1 Å². The van der Waals surface area contributed by atoms with E-state index in [4.69, 9.17) is 5.73 Å². The van der Waals surface area contributed by atoms with E-state index in [2.05, 4.69) is 0 Å². The van der Waals surface area contributed by atoms with E-state index in [-0.39, 0.29) is 47.6 Å². The summed E-state index contributed by atoms with van der Waals surface area (Å²) in [6, 6.07) is 1.06. The van der Waals surface area contributed by atoms with Crippen LogP contribution in [0.25, 0.3) is 0 Å². The lowest BCUT2D eigenvalue weighted by atomic mass is 9.94. The highest BCUT2D eigenvalue weighted by Crippen LogP contribution is 2.30. The van der Waals surface area contributed by atoms with Gasteiger partial charge in [0.25, 0.3) is 11.8 Å². The van der Waals surface area contributed by atoms with Crippen LogP contribution < -0.4 is 5.73 Å². The molecule has 0 spiro atoms. The normalized spacial score (nSPS) is 22.1. The van der Waals surface area contributed by atoms with E-state index in [1.54, 1.807) is 0 Å². The second-order valence-electron chi connectivity index (χ2n) is 5.81. The molecule has 0 bridgehead atoms. The first-order valence-electron chi connectivity index (χ1n) is 7.41. The first-order valence-corrected chi connectivity index (χ1v) is 7.41. The van der Waals surface area contributed by atoms with Gasteiger partial charge in [-0.15, -0.1) is 0 Å². The van der Waals surface area contributed by atoms with Crippen molar-refractivity contribution >= 4 is 29.1 Å². The molecule has 2 amide bonds. The monoisotopic (exact) mass is 318 g/mol. The van der Waals surface area contributed by atoms with Crippen LogP contribution in [0.1, 0.15) is 52.8 Å². The smallest absolute Gasteiger partial charge is 0.262 e. The Balaban J connectivity index is 1.97. The minimum absolute atomic E-state index is 0.00455. The minimum atomic E-state index is -0.976. The average Bonchev–Trinajstić information content (AvgIpc) is 2.71. The number of halogens is 1. The van der Waals surface area contributed by atoms with Crippen molar-refractivity contribution in [2.45, 2.75) is 38.1 Å². The van der Waals surface area contributed by atoms with Gasteiger partial charge in [0.1, 0.15) is 11.6 Å². The van der Waals surface area contributed by atoms with Gasteiger partial charge in [-0.05, 0) is 25.0 Å². The van der Waals surface area contributed by atoms with Crippen molar-refractivity contribution in [2.75, 3.05) is 5.73 Å². The van der Waals surface area contributed by atoms with Crippen LogP contribution >= 0.6 is 0 Å². The van der Waals surface area contributed by atoms with Crippen molar-refractivity contribution in [1.29, 1.82) is 0 Å². The van der Waals surface area contributed by atoms with Gasteiger partial charge in [-0.25, -0.2) is 4.39 Å². The molecule has 3 rings (SSSR count). The fourth-order valence-electron chi connectivity index (χ4n) is 3.06. The Hall–Kier alpha value is -2.57. The summed E-state index contributed by atoms with van der Waals surface area (Å²) < 4.78 is 13.6. The molecule has 2 aliphatic rings. The maximum atomic E-state index is 13.6. The van der Waals surface area contributed by atoms with Crippen molar-refractivity contribution in [2.24, 2.45) is 0 Å². The Labute approximate surface area is 131 Å². The number of carbonyl (C=O) groups excluding carboxylic acids is 4. The molecule has 2 N–H and O–H groups in total. The zero-order valence-electron chi connectivity index (χ0n) is 12.3. The molecular formula is C16H15FN2O4.